The minimum Gasteiger partial charge on any atom is -0.449 e. The highest BCUT2D eigenvalue weighted by molar-refractivity contribution is 5.94. The molecule has 0 bridgehead atoms. The third-order valence-electron chi connectivity index (χ3n) is 4.69. The molecule has 22 heavy (non-hydrogen) atoms. The van der Waals surface area contributed by atoms with Crippen molar-refractivity contribution in [1.82, 2.24) is 4.57 Å². The number of hydrogen-bond acceptors (Lipinski definition) is 3. The molecule has 0 spiro atoms. The number of rotatable bonds is 2. The Morgan fingerprint density at radius 3 is 2.68 bits per heavy atom. The van der Waals surface area contributed by atoms with Crippen molar-refractivity contribution >= 4 is 22.8 Å². The number of benzene rings is 1. The average molecular weight is 299 g/mol. The van der Waals surface area contributed by atoms with E-state index in [1.807, 2.05) is 31.2 Å². The van der Waals surface area contributed by atoms with E-state index in [4.69, 9.17) is 4.74 Å². The Kier molecular flexibility index (Phi) is 3.77. The highest BCUT2D eigenvalue weighted by atomic mass is 16.5. The fraction of sp³-hybridized carbons (Fsp3) is 0.444. The number of ether oxygens (including phenoxy) is 1. The van der Waals surface area contributed by atoms with Crippen molar-refractivity contribution in [3.63, 3.8) is 0 Å². The molecule has 0 radical (unpaired) electrons. The van der Waals surface area contributed by atoms with Gasteiger partial charge in [-0.15, -0.1) is 0 Å². The van der Waals surface area contributed by atoms with Gasteiger partial charge in [0, 0.05) is 17.0 Å². The lowest BCUT2D eigenvalue weighted by atomic mass is 9.77. The number of aromatic nitrogens is 1. The SMILES string of the molecule is CCOC(=O)n1c2c(c3ccccc31)C[C@@H](C(C)=O)[C@@H](C)C2. The zero-order chi connectivity index (χ0) is 15.9. The van der Waals surface area contributed by atoms with Crippen LogP contribution in [0.3, 0.4) is 0 Å². The number of Topliss-reactive ketones (excluding diaryl/α,β-unsaturated/α-hetero) is 1. The number of hydrogen-bond donors (Lipinski definition) is 0. The van der Waals surface area contributed by atoms with Crippen LogP contribution >= 0.6 is 0 Å². The third kappa shape index (κ3) is 2.23. The summed E-state index contributed by atoms with van der Waals surface area (Å²) < 4.78 is 6.92. The maximum absolute atomic E-state index is 12.4. The molecule has 1 aliphatic carbocycles. The van der Waals surface area contributed by atoms with Gasteiger partial charge in [0.15, 0.2) is 0 Å². The molecule has 0 fully saturated rings. The smallest absolute Gasteiger partial charge is 0.418 e. The standard InChI is InChI=1S/C18H21NO3/c1-4-22-18(21)19-16-8-6-5-7-13(16)15-10-14(12(3)20)11(2)9-17(15)19/h5-8,11,14H,4,9-10H2,1-3H3/t11-,14+/m0/s1. The summed E-state index contributed by atoms with van der Waals surface area (Å²) in [5.74, 6) is 0.502. The van der Waals surface area contributed by atoms with Crippen LogP contribution in [0.5, 0.6) is 0 Å². The van der Waals surface area contributed by atoms with Gasteiger partial charge in [-0.3, -0.25) is 4.79 Å². The van der Waals surface area contributed by atoms with Crippen molar-refractivity contribution < 1.29 is 14.3 Å². The van der Waals surface area contributed by atoms with E-state index >= 15 is 0 Å². The maximum atomic E-state index is 12.4. The van der Waals surface area contributed by atoms with E-state index in [2.05, 4.69) is 6.92 Å². The maximum Gasteiger partial charge on any atom is 0.418 e. The quantitative estimate of drug-likeness (QED) is 0.851. The first-order valence-electron chi connectivity index (χ1n) is 7.83. The number of ketones is 1. The van der Waals surface area contributed by atoms with Gasteiger partial charge in [0.2, 0.25) is 0 Å². The Morgan fingerprint density at radius 2 is 2.00 bits per heavy atom. The highest BCUT2D eigenvalue weighted by Gasteiger charge is 2.34. The molecule has 2 atom stereocenters. The molecule has 0 amide bonds. The van der Waals surface area contributed by atoms with E-state index in [-0.39, 0.29) is 23.7 Å². The van der Waals surface area contributed by atoms with Gasteiger partial charge in [0.05, 0.1) is 12.1 Å². The number of fused-ring (bicyclic) bond motifs is 3. The molecule has 1 aromatic heterocycles. The normalized spacial score (nSPS) is 20.7. The second kappa shape index (κ2) is 5.59. The lowest BCUT2D eigenvalue weighted by Gasteiger charge is -2.28. The van der Waals surface area contributed by atoms with Crippen LogP contribution in [-0.4, -0.2) is 23.1 Å². The summed E-state index contributed by atoms with van der Waals surface area (Å²) >= 11 is 0. The van der Waals surface area contributed by atoms with Gasteiger partial charge >= 0.3 is 6.09 Å². The first kappa shape index (κ1) is 14.8. The van der Waals surface area contributed by atoms with Crippen LogP contribution in [0.4, 0.5) is 4.79 Å². The predicted molar refractivity (Wildman–Crippen MR) is 85.1 cm³/mol. The van der Waals surface area contributed by atoms with Crippen LogP contribution in [0.25, 0.3) is 10.9 Å². The molecule has 116 valence electrons. The van der Waals surface area contributed by atoms with Crippen LogP contribution in [0.15, 0.2) is 24.3 Å². The zero-order valence-corrected chi connectivity index (χ0v) is 13.3. The van der Waals surface area contributed by atoms with Gasteiger partial charge in [0.1, 0.15) is 5.78 Å². The number of nitrogens with zero attached hydrogens (tertiary/aromatic N) is 1. The van der Waals surface area contributed by atoms with Crippen molar-refractivity contribution in [1.29, 1.82) is 0 Å². The van der Waals surface area contributed by atoms with Gasteiger partial charge in [0.25, 0.3) is 0 Å². The summed E-state index contributed by atoms with van der Waals surface area (Å²) in [4.78, 5) is 24.3. The first-order chi connectivity index (χ1) is 10.5. The monoisotopic (exact) mass is 299 g/mol. The van der Waals surface area contributed by atoms with E-state index in [0.29, 0.717) is 13.0 Å². The van der Waals surface area contributed by atoms with E-state index < -0.39 is 0 Å². The average Bonchev–Trinajstić information content (AvgIpc) is 2.79. The fourth-order valence-electron chi connectivity index (χ4n) is 3.61. The van der Waals surface area contributed by atoms with Crippen LogP contribution in [0.2, 0.25) is 0 Å². The van der Waals surface area contributed by atoms with Gasteiger partial charge in [-0.1, -0.05) is 25.1 Å². The molecule has 1 aliphatic rings. The topological polar surface area (TPSA) is 48.3 Å². The number of carbonyl (C=O) groups is 2. The van der Waals surface area contributed by atoms with Crippen LogP contribution < -0.4 is 0 Å². The van der Waals surface area contributed by atoms with Crippen LogP contribution in [0.1, 0.15) is 32.0 Å². The molecule has 0 N–H and O–H groups in total. The molecule has 2 aromatic rings. The molecule has 4 heteroatoms. The molecule has 1 aromatic carbocycles. The van der Waals surface area contributed by atoms with E-state index in [0.717, 1.165) is 28.6 Å². The minimum absolute atomic E-state index is 0.0361. The lowest BCUT2D eigenvalue weighted by molar-refractivity contribution is -0.122. The Morgan fingerprint density at radius 1 is 1.27 bits per heavy atom. The van der Waals surface area contributed by atoms with Crippen LogP contribution in [0, 0.1) is 11.8 Å². The summed E-state index contributed by atoms with van der Waals surface area (Å²) in [6.07, 6.45) is 1.11. The summed E-state index contributed by atoms with van der Waals surface area (Å²) in [6, 6.07) is 7.86. The zero-order valence-electron chi connectivity index (χ0n) is 13.3. The number of carbonyl (C=O) groups excluding carboxylic acids is 2. The third-order valence-corrected chi connectivity index (χ3v) is 4.69. The molecule has 0 saturated carbocycles. The van der Waals surface area contributed by atoms with E-state index in [9.17, 15) is 9.59 Å². The predicted octanol–water partition coefficient (Wildman–Crippen LogP) is 3.59. The molecule has 0 saturated heterocycles. The molecule has 0 unspecified atom stereocenters. The van der Waals surface area contributed by atoms with Gasteiger partial charge in [-0.2, -0.15) is 0 Å². The molecule has 0 aliphatic heterocycles. The van der Waals surface area contributed by atoms with Crippen LogP contribution in [-0.2, 0) is 22.4 Å². The van der Waals surface area contributed by atoms with Crippen molar-refractivity contribution in [3.05, 3.63) is 35.5 Å². The Labute approximate surface area is 130 Å². The van der Waals surface area contributed by atoms with Crippen molar-refractivity contribution in [2.24, 2.45) is 11.8 Å². The van der Waals surface area contributed by atoms with Gasteiger partial charge in [-0.25, -0.2) is 9.36 Å². The summed E-state index contributed by atoms with van der Waals surface area (Å²) in [6.45, 7) is 5.91. The molecular weight excluding hydrogens is 278 g/mol. The molecule has 1 heterocycles. The van der Waals surface area contributed by atoms with E-state index in [1.54, 1.807) is 11.5 Å². The molecule has 3 rings (SSSR count). The largest absolute Gasteiger partial charge is 0.449 e. The molecular formula is C18H21NO3. The van der Waals surface area contributed by atoms with E-state index in [1.165, 1.54) is 0 Å². The summed E-state index contributed by atoms with van der Waals surface area (Å²) in [7, 11) is 0. The Bertz CT molecular complexity index is 744. The molecule has 4 nitrogen and oxygen atoms in total. The van der Waals surface area contributed by atoms with Crippen molar-refractivity contribution in [2.45, 2.75) is 33.6 Å². The summed E-state index contributed by atoms with van der Waals surface area (Å²) in [5, 5.41) is 1.06. The second-order valence-corrected chi connectivity index (χ2v) is 6.08. The lowest BCUT2D eigenvalue weighted by Crippen LogP contribution is -2.30. The van der Waals surface area contributed by atoms with Crippen molar-refractivity contribution in [2.75, 3.05) is 6.61 Å². The second-order valence-electron chi connectivity index (χ2n) is 6.08. The first-order valence-corrected chi connectivity index (χ1v) is 7.83. The van der Waals surface area contributed by atoms with Crippen molar-refractivity contribution in [3.8, 4) is 0 Å². The van der Waals surface area contributed by atoms with Gasteiger partial charge < -0.3 is 4.74 Å². The summed E-state index contributed by atoms with van der Waals surface area (Å²) in [5.41, 5.74) is 3.01. The number of para-hydroxylation sites is 1. The fourth-order valence-corrected chi connectivity index (χ4v) is 3.61. The minimum atomic E-state index is -0.326. The Hall–Kier alpha value is -2.10. The van der Waals surface area contributed by atoms with Gasteiger partial charge in [-0.05, 0) is 44.2 Å². The Balaban J connectivity index is 2.20. The highest BCUT2D eigenvalue weighted by Crippen LogP contribution is 2.37.